The third-order valence-electron chi connectivity index (χ3n) is 4.31. The van der Waals surface area contributed by atoms with Crippen molar-refractivity contribution in [3.05, 3.63) is 70.7 Å². The summed E-state index contributed by atoms with van der Waals surface area (Å²) in [4.78, 5) is 58.4. The molecule has 2 aromatic carbocycles. The number of carbonyl (C=O) groups excluding carboxylic acids is 5. The van der Waals surface area contributed by atoms with E-state index >= 15 is 0 Å². The van der Waals surface area contributed by atoms with Gasteiger partial charge in [0.25, 0.3) is 0 Å². The third-order valence-corrected chi connectivity index (χ3v) is 4.56. The number of Topliss-reactive ketones (excluding diaryl/α,β-unsaturated/α-hetero) is 1. The van der Waals surface area contributed by atoms with E-state index in [1.807, 2.05) is 0 Å². The van der Waals surface area contributed by atoms with E-state index in [1.54, 1.807) is 54.6 Å². The van der Waals surface area contributed by atoms with Crippen molar-refractivity contribution in [2.24, 2.45) is 0 Å². The van der Waals surface area contributed by atoms with Crippen LogP contribution in [0.2, 0.25) is 5.02 Å². The van der Waals surface area contributed by atoms with E-state index in [4.69, 9.17) is 16.3 Å². The van der Waals surface area contributed by atoms with E-state index in [0.29, 0.717) is 10.6 Å². The lowest BCUT2D eigenvalue weighted by Gasteiger charge is -2.16. The molecule has 0 aromatic heterocycles. The molecule has 1 unspecified atom stereocenters. The zero-order valence-electron chi connectivity index (χ0n) is 17.7. The molecule has 0 N–H and O–H groups in total. The largest absolute Gasteiger partial charge is 0.428 e. The Labute approximate surface area is 194 Å². The number of halogens is 1. The zero-order valence-corrected chi connectivity index (χ0v) is 18.4. The highest BCUT2D eigenvalue weighted by Gasteiger charge is 2.23. The van der Waals surface area contributed by atoms with E-state index in [2.05, 4.69) is 14.2 Å². The van der Waals surface area contributed by atoms with E-state index in [-0.39, 0.29) is 18.6 Å². The molecule has 0 spiro atoms. The topological polar surface area (TPSA) is 122 Å². The van der Waals surface area contributed by atoms with Crippen LogP contribution in [0.15, 0.2) is 54.6 Å². The predicted octanol–water partition coefficient (Wildman–Crippen LogP) is 3.19. The molecule has 0 amide bonds. The summed E-state index contributed by atoms with van der Waals surface area (Å²) in [6.45, 7) is -0.478. The molecule has 0 aliphatic carbocycles. The number of rotatable bonds is 10. The first-order chi connectivity index (χ1) is 15.8. The average molecular weight is 477 g/mol. The standard InChI is InChI=1S/C23H21ClO9/c1-15(25)30-13-32-22(28)23(29)33-14-31-21(27)12-18(16-5-3-2-4-6-16)11-20(26)17-7-9-19(24)10-8-17/h2-10,18H,11-14H2,1H3. The summed E-state index contributed by atoms with van der Waals surface area (Å²) in [6, 6.07) is 15.3. The van der Waals surface area contributed by atoms with Crippen molar-refractivity contribution in [2.75, 3.05) is 13.6 Å². The van der Waals surface area contributed by atoms with Gasteiger partial charge in [-0.25, -0.2) is 9.59 Å². The van der Waals surface area contributed by atoms with Gasteiger partial charge in [-0.1, -0.05) is 41.9 Å². The maximum Gasteiger partial charge on any atom is 0.420 e. The van der Waals surface area contributed by atoms with Gasteiger partial charge in [-0.2, -0.15) is 0 Å². The van der Waals surface area contributed by atoms with Gasteiger partial charge in [-0.05, 0) is 29.8 Å². The molecular weight excluding hydrogens is 456 g/mol. The second-order valence-corrected chi connectivity index (χ2v) is 7.13. The van der Waals surface area contributed by atoms with Crippen molar-refractivity contribution >= 4 is 41.3 Å². The fourth-order valence-electron chi connectivity index (χ4n) is 2.70. The molecule has 33 heavy (non-hydrogen) atoms. The SMILES string of the molecule is CC(=O)OCOC(=O)C(=O)OCOC(=O)CC(CC(=O)c1ccc(Cl)cc1)c1ccccc1. The number of carbonyl (C=O) groups is 5. The molecule has 0 aliphatic rings. The average Bonchev–Trinajstić information content (AvgIpc) is 2.79. The van der Waals surface area contributed by atoms with E-state index in [0.717, 1.165) is 12.5 Å². The van der Waals surface area contributed by atoms with Gasteiger partial charge in [0.1, 0.15) is 0 Å². The molecule has 2 rings (SSSR count). The molecule has 1 atom stereocenters. The Bertz CT molecular complexity index is 987. The molecule has 0 radical (unpaired) electrons. The van der Waals surface area contributed by atoms with Gasteiger partial charge in [-0.15, -0.1) is 0 Å². The summed E-state index contributed by atoms with van der Waals surface area (Å²) < 4.78 is 18.1. The number of hydrogen-bond donors (Lipinski definition) is 0. The van der Waals surface area contributed by atoms with Gasteiger partial charge in [0.2, 0.25) is 13.6 Å². The molecule has 0 saturated carbocycles. The van der Waals surface area contributed by atoms with Crippen molar-refractivity contribution in [3.63, 3.8) is 0 Å². The zero-order chi connectivity index (χ0) is 24.2. The fraction of sp³-hybridized carbons (Fsp3) is 0.261. The Morgan fingerprint density at radius 1 is 0.758 bits per heavy atom. The molecular formula is C23H21ClO9. The second kappa shape index (κ2) is 13.0. The number of ether oxygens (including phenoxy) is 4. The quantitative estimate of drug-likeness (QED) is 0.220. The van der Waals surface area contributed by atoms with Gasteiger partial charge < -0.3 is 18.9 Å². The van der Waals surface area contributed by atoms with E-state index < -0.39 is 43.4 Å². The summed E-state index contributed by atoms with van der Waals surface area (Å²) in [5.41, 5.74) is 1.21. The molecule has 2 aromatic rings. The summed E-state index contributed by atoms with van der Waals surface area (Å²) in [6.07, 6.45) is -0.138. The first-order valence-corrected chi connectivity index (χ1v) is 10.1. The molecule has 174 valence electrons. The van der Waals surface area contributed by atoms with Crippen LogP contribution in [0.25, 0.3) is 0 Å². The van der Waals surface area contributed by atoms with Crippen LogP contribution in [0.4, 0.5) is 0 Å². The molecule has 9 nitrogen and oxygen atoms in total. The smallest absolute Gasteiger partial charge is 0.420 e. The second-order valence-electron chi connectivity index (χ2n) is 6.70. The highest BCUT2D eigenvalue weighted by Crippen LogP contribution is 2.26. The summed E-state index contributed by atoms with van der Waals surface area (Å²) in [7, 11) is 0. The van der Waals surface area contributed by atoms with Crippen molar-refractivity contribution in [2.45, 2.75) is 25.7 Å². The highest BCUT2D eigenvalue weighted by molar-refractivity contribution is 6.30. The number of esters is 4. The molecule has 10 heteroatoms. The highest BCUT2D eigenvalue weighted by atomic mass is 35.5. The van der Waals surface area contributed by atoms with Crippen LogP contribution >= 0.6 is 11.6 Å². The van der Waals surface area contributed by atoms with Crippen LogP contribution in [0.3, 0.4) is 0 Å². The van der Waals surface area contributed by atoms with Crippen molar-refractivity contribution in [3.8, 4) is 0 Å². The number of benzene rings is 2. The first kappa shape index (κ1) is 25.5. The fourth-order valence-corrected chi connectivity index (χ4v) is 2.83. The van der Waals surface area contributed by atoms with E-state index in [1.165, 1.54) is 0 Å². The van der Waals surface area contributed by atoms with Gasteiger partial charge in [0, 0.05) is 29.8 Å². The van der Waals surface area contributed by atoms with Gasteiger partial charge >= 0.3 is 23.9 Å². The Morgan fingerprint density at radius 3 is 1.91 bits per heavy atom. The van der Waals surface area contributed by atoms with E-state index in [9.17, 15) is 24.0 Å². The molecule has 0 bridgehead atoms. The number of ketones is 1. The lowest BCUT2D eigenvalue weighted by molar-refractivity contribution is -0.185. The molecule has 0 saturated heterocycles. The third kappa shape index (κ3) is 9.12. The first-order valence-electron chi connectivity index (χ1n) is 9.73. The summed E-state index contributed by atoms with van der Waals surface area (Å²) in [5, 5.41) is 0.500. The van der Waals surface area contributed by atoms with Crippen LogP contribution in [-0.4, -0.2) is 43.2 Å². The van der Waals surface area contributed by atoms with Crippen LogP contribution < -0.4 is 0 Å². The summed E-state index contributed by atoms with van der Waals surface area (Å²) >= 11 is 5.86. The minimum atomic E-state index is -1.42. The summed E-state index contributed by atoms with van der Waals surface area (Å²) in [5.74, 6) is -4.96. The lowest BCUT2D eigenvalue weighted by atomic mass is 9.89. The van der Waals surface area contributed by atoms with Crippen molar-refractivity contribution in [1.82, 2.24) is 0 Å². The normalized spacial score (nSPS) is 11.1. The minimum Gasteiger partial charge on any atom is -0.428 e. The van der Waals surface area contributed by atoms with Crippen LogP contribution in [0.1, 0.15) is 41.6 Å². The van der Waals surface area contributed by atoms with Crippen molar-refractivity contribution in [1.29, 1.82) is 0 Å². The monoisotopic (exact) mass is 476 g/mol. The Balaban J connectivity index is 1.89. The Kier molecular flexibility index (Phi) is 10.0. The minimum absolute atomic E-state index is 0.0308. The van der Waals surface area contributed by atoms with Gasteiger partial charge in [0.05, 0.1) is 6.42 Å². The van der Waals surface area contributed by atoms with Gasteiger partial charge in [0.15, 0.2) is 5.78 Å². The molecule has 0 fully saturated rings. The maximum atomic E-state index is 12.7. The van der Waals surface area contributed by atoms with Gasteiger partial charge in [-0.3, -0.25) is 14.4 Å². The van der Waals surface area contributed by atoms with Crippen molar-refractivity contribution < 1.29 is 42.9 Å². The lowest BCUT2D eigenvalue weighted by Crippen LogP contribution is -2.24. The number of hydrogen-bond acceptors (Lipinski definition) is 9. The molecule has 0 aliphatic heterocycles. The Morgan fingerprint density at radius 2 is 1.33 bits per heavy atom. The van der Waals surface area contributed by atoms with Crippen LogP contribution in [0.5, 0.6) is 0 Å². The molecule has 0 heterocycles. The predicted molar refractivity (Wildman–Crippen MR) is 114 cm³/mol. The van der Waals surface area contributed by atoms with Crippen LogP contribution in [0, 0.1) is 0 Å². The maximum absolute atomic E-state index is 12.7. The van der Waals surface area contributed by atoms with Crippen LogP contribution in [-0.2, 0) is 38.1 Å². The Hall–Kier alpha value is -3.72.